The van der Waals surface area contributed by atoms with Gasteiger partial charge in [-0.25, -0.2) is 0 Å². The third-order valence-electron chi connectivity index (χ3n) is 3.47. The number of anilines is 1. The summed E-state index contributed by atoms with van der Waals surface area (Å²) < 4.78 is 0. The molecule has 0 amide bonds. The number of hydrogen-bond donors (Lipinski definition) is 2. The van der Waals surface area contributed by atoms with Gasteiger partial charge >= 0.3 is 0 Å². The smallest absolute Gasteiger partial charge is 0.148 e. The first-order valence-corrected chi connectivity index (χ1v) is 6.61. The van der Waals surface area contributed by atoms with E-state index in [4.69, 9.17) is 0 Å². The van der Waals surface area contributed by atoms with Crippen LogP contribution in [-0.4, -0.2) is 29.3 Å². The van der Waals surface area contributed by atoms with Crippen LogP contribution in [-0.2, 0) is 0 Å². The standard InChI is InChI=1S/C15H18N4/c1-10-3-4-11(2)13(7-10)14-5-6-15(19-18-14)17-12-8-16-9-12/h3-7,12,16H,8-9H2,1-2H3,(H,17,19). The van der Waals surface area contributed by atoms with Gasteiger partial charge in [0.15, 0.2) is 0 Å². The van der Waals surface area contributed by atoms with Crippen molar-refractivity contribution in [3.05, 3.63) is 41.5 Å². The van der Waals surface area contributed by atoms with E-state index >= 15 is 0 Å². The molecule has 0 bridgehead atoms. The summed E-state index contributed by atoms with van der Waals surface area (Å²) in [5.74, 6) is 0.848. The van der Waals surface area contributed by atoms with Crippen molar-refractivity contribution < 1.29 is 0 Å². The Labute approximate surface area is 113 Å². The van der Waals surface area contributed by atoms with E-state index in [1.165, 1.54) is 11.1 Å². The lowest BCUT2D eigenvalue weighted by Gasteiger charge is -2.28. The summed E-state index contributed by atoms with van der Waals surface area (Å²) in [5, 5.41) is 15.2. The van der Waals surface area contributed by atoms with E-state index in [-0.39, 0.29) is 0 Å². The fourth-order valence-corrected chi connectivity index (χ4v) is 2.16. The highest BCUT2D eigenvalue weighted by molar-refractivity contribution is 5.64. The maximum absolute atomic E-state index is 4.33. The average molecular weight is 254 g/mol. The summed E-state index contributed by atoms with van der Waals surface area (Å²) in [6.45, 7) is 6.19. The van der Waals surface area contributed by atoms with Crippen LogP contribution >= 0.6 is 0 Å². The lowest BCUT2D eigenvalue weighted by molar-refractivity contribution is 0.470. The minimum atomic E-state index is 0.487. The molecule has 1 saturated heterocycles. The van der Waals surface area contributed by atoms with Gasteiger partial charge in [-0.2, -0.15) is 0 Å². The first-order valence-electron chi connectivity index (χ1n) is 6.61. The quantitative estimate of drug-likeness (QED) is 0.881. The fourth-order valence-electron chi connectivity index (χ4n) is 2.16. The first-order chi connectivity index (χ1) is 9.22. The van der Waals surface area contributed by atoms with Crippen molar-refractivity contribution in [2.75, 3.05) is 18.4 Å². The van der Waals surface area contributed by atoms with E-state index in [1.807, 2.05) is 12.1 Å². The Morgan fingerprint density at radius 3 is 2.58 bits per heavy atom. The second kappa shape index (κ2) is 4.97. The van der Waals surface area contributed by atoms with Crippen molar-refractivity contribution in [1.29, 1.82) is 0 Å². The summed E-state index contributed by atoms with van der Waals surface area (Å²) >= 11 is 0. The largest absolute Gasteiger partial charge is 0.363 e. The second-order valence-electron chi connectivity index (χ2n) is 5.12. The van der Waals surface area contributed by atoms with Gasteiger partial charge in [-0.1, -0.05) is 17.7 Å². The van der Waals surface area contributed by atoms with Gasteiger partial charge < -0.3 is 10.6 Å². The van der Waals surface area contributed by atoms with Crippen molar-refractivity contribution in [2.45, 2.75) is 19.9 Å². The van der Waals surface area contributed by atoms with Gasteiger partial charge in [0.25, 0.3) is 0 Å². The monoisotopic (exact) mass is 254 g/mol. The highest BCUT2D eigenvalue weighted by Gasteiger charge is 2.16. The predicted molar refractivity (Wildman–Crippen MR) is 77.2 cm³/mol. The molecule has 0 unspecified atom stereocenters. The fraction of sp³-hybridized carbons (Fsp3) is 0.333. The van der Waals surface area contributed by atoms with Gasteiger partial charge in [-0.15, -0.1) is 10.2 Å². The molecule has 0 spiro atoms. The van der Waals surface area contributed by atoms with Crippen LogP contribution in [0, 0.1) is 13.8 Å². The molecule has 1 aromatic carbocycles. The van der Waals surface area contributed by atoms with Crippen LogP contribution in [0.4, 0.5) is 5.82 Å². The molecule has 3 rings (SSSR count). The maximum atomic E-state index is 4.33. The Kier molecular flexibility index (Phi) is 3.17. The predicted octanol–water partition coefficient (Wildman–Crippen LogP) is 2.14. The minimum absolute atomic E-state index is 0.487. The van der Waals surface area contributed by atoms with Gasteiger partial charge in [0, 0.05) is 18.7 Å². The normalized spacial score (nSPS) is 15.1. The van der Waals surface area contributed by atoms with Crippen LogP contribution in [0.15, 0.2) is 30.3 Å². The van der Waals surface area contributed by atoms with Crippen LogP contribution in [0.25, 0.3) is 11.3 Å². The zero-order valence-electron chi connectivity index (χ0n) is 11.3. The first kappa shape index (κ1) is 12.1. The number of aromatic nitrogens is 2. The number of nitrogens with one attached hydrogen (secondary N) is 2. The number of benzene rings is 1. The van der Waals surface area contributed by atoms with Crippen LogP contribution in [0.3, 0.4) is 0 Å². The average Bonchev–Trinajstić information content (AvgIpc) is 2.38. The summed E-state index contributed by atoms with van der Waals surface area (Å²) in [6, 6.07) is 10.9. The third-order valence-corrected chi connectivity index (χ3v) is 3.47. The summed E-state index contributed by atoms with van der Waals surface area (Å²) in [4.78, 5) is 0. The van der Waals surface area contributed by atoms with Crippen molar-refractivity contribution in [3.63, 3.8) is 0 Å². The highest BCUT2D eigenvalue weighted by atomic mass is 15.2. The molecule has 1 aliphatic rings. The van der Waals surface area contributed by atoms with Crippen molar-refractivity contribution in [3.8, 4) is 11.3 Å². The van der Waals surface area contributed by atoms with Gasteiger partial charge in [-0.3, -0.25) is 0 Å². The SMILES string of the molecule is Cc1ccc(C)c(-c2ccc(NC3CNC3)nn2)c1. The molecule has 0 aliphatic carbocycles. The van der Waals surface area contributed by atoms with Crippen LogP contribution in [0.2, 0.25) is 0 Å². The Bertz CT molecular complexity index is 573. The Morgan fingerprint density at radius 2 is 1.95 bits per heavy atom. The molecule has 0 radical (unpaired) electrons. The van der Waals surface area contributed by atoms with E-state index in [0.717, 1.165) is 30.2 Å². The zero-order chi connectivity index (χ0) is 13.2. The van der Waals surface area contributed by atoms with Crippen molar-refractivity contribution in [1.82, 2.24) is 15.5 Å². The molecular formula is C15H18N4. The molecule has 0 atom stereocenters. The minimum Gasteiger partial charge on any atom is -0.363 e. The van der Waals surface area contributed by atoms with Gasteiger partial charge in [0.05, 0.1) is 11.7 Å². The van der Waals surface area contributed by atoms with Crippen molar-refractivity contribution in [2.24, 2.45) is 0 Å². The zero-order valence-corrected chi connectivity index (χ0v) is 11.3. The number of aryl methyl sites for hydroxylation is 2. The van der Waals surface area contributed by atoms with Gasteiger partial charge in [0.1, 0.15) is 5.82 Å². The van der Waals surface area contributed by atoms with Crippen LogP contribution in [0.5, 0.6) is 0 Å². The summed E-state index contributed by atoms with van der Waals surface area (Å²) in [5.41, 5.74) is 4.55. The van der Waals surface area contributed by atoms with Crippen LogP contribution < -0.4 is 10.6 Å². The molecule has 4 nitrogen and oxygen atoms in total. The van der Waals surface area contributed by atoms with E-state index in [1.54, 1.807) is 0 Å². The lowest BCUT2D eigenvalue weighted by Crippen LogP contribution is -2.51. The maximum Gasteiger partial charge on any atom is 0.148 e. The molecule has 2 N–H and O–H groups in total. The van der Waals surface area contributed by atoms with E-state index in [9.17, 15) is 0 Å². The Hall–Kier alpha value is -1.94. The van der Waals surface area contributed by atoms with Crippen LogP contribution in [0.1, 0.15) is 11.1 Å². The molecule has 1 fully saturated rings. The molecule has 4 heteroatoms. The molecule has 0 saturated carbocycles. The number of hydrogen-bond acceptors (Lipinski definition) is 4. The van der Waals surface area contributed by atoms with E-state index < -0.39 is 0 Å². The van der Waals surface area contributed by atoms with Gasteiger partial charge in [-0.05, 0) is 37.6 Å². The summed E-state index contributed by atoms with van der Waals surface area (Å²) in [6.07, 6.45) is 0. The number of nitrogens with zero attached hydrogens (tertiary/aromatic N) is 2. The topological polar surface area (TPSA) is 49.8 Å². The molecular weight excluding hydrogens is 236 g/mol. The van der Waals surface area contributed by atoms with E-state index in [2.05, 4.69) is 52.9 Å². The second-order valence-corrected chi connectivity index (χ2v) is 5.12. The molecule has 2 heterocycles. The lowest BCUT2D eigenvalue weighted by atomic mass is 10.0. The van der Waals surface area contributed by atoms with E-state index in [0.29, 0.717) is 6.04 Å². The Morgan fingerprint density at radius 1 is 1.11 bits per heavy atom. The molecule has 98 valence electrons. The molecule has 1 aromatic heterocycles. The Balaban J connectivity index is 1.83. The molecule has 2 aromatic rings. The van der Waals surface area contributed by atoms with Crippen molar-refractivity contribution >= 4 is 5.82 Å². The molecule has 1 aliphatic heterocycles. The highest BCUT2D eigenvalue weighted by Crippen LogP contribution is 2.22. The van der Waals surface area contributed by atoms with Gasteiger partial charge in [0.2, 0.25) is 0 Å². The number of rotatable bonds is 3. The molecule has 19 heavy (non-hydrogen) atoms. The summed E-state index contributed by atoms with van der Waals surface area (Å²) in [7, 11) is 0. The third kappa shape index (κ3) is 2.58.